The van der Waals surface area contributed by atoms with Crippen molar-refractivity contribution in [2.75, 3.05) is 24.7 Å². The van der Waals surface area contributed by atoms with Crippen LogP contribution in [0.4, 0.5) is 18.9 Å². The third-order valence-electron chi connectivity index (χ3n) is 4.39. The summed E-state index contributed by atoms with van der Waals surface area (Å²) in [6, 6.07) is 2.16. The van der Waals surface area contributed by atoms with Gasteiger partial charge in [0.2, 0.25) is 5.91 Å². The fourth-order valence-corrected chi connectivity index (χ4v) is 3.10. The van der Waals surface area contributed by atoms with Crippen molar-refractivity contribution in [3.63, 3.8) is 0 Å². The van der Waals surface area contributed by atoms with Gasteiger partial charge in [-0.05, 0) is 44.9 Å². The van der Waals surface area contributed by atoms with E-state index in [2.05, 4.69) is 0 Å². The quantitative estimate of drug-likeness (QED) is 0.415. The molecule has 28 heavy (non-hydrogen) atoms. The lowest BCUT2D eigenvalue weighted by atomic mass is 10.00. The summed E-state index contributed by atoms with van der Waals surface area (Å²) in [5.74, 6) is -1.97. The molecular formula is C19H22F3NO5. The molecule has 6 nitrogen and oxygen atoms in total. The second-order valence-corrected chi connectivity index (χ2v) is 6.37. The number of ether oxygens (including phenoxy) is 2. The molecule has 1 aliphatic heterocycles. The lowest BCUT2D eigenvalue weighted by Crippen LogP contribution is -2.45. The Morgan fingerprint density at radius 2 is 1.86 bits per heavy atom. The lowest BCUT2D eigenvalue weighted by Gasteiger charge is -2.35. The van der Waals surface area contributed by atoms with Gasteiger partial charge >= 0.3 is 12.1 Å². The first-order valence-electron chi connectivity index (χ1n) is 8.92. The van der Waals surface area contributed by atoms with Gasteiger partial charge in [0, 0.05) is 24.8 Å². The van der Waals surface area contributed by atoms with Crippen molar-refractivity contribution in [2.24, 2.45) is 0 Å². The summed E-state index contributed by atoms with van der Waals surface area (Å²) in [6.45, 7) is 3.51. The third kappa shape index (κ3) is 5.31. The van der Waals surface area contributed by atoms with E-state index in [9.17, 15) is 27.6 Å². The number of anilines is 1. The van der Waals surface area contributed by atoms with Crippen LogP contribution in [0.3, 0.4) is 0 Å². The summed E-state index contributed by atoms with van der Waals surface area (Å²) >= 11 is 0. The second-order valence-electron chi connectivity index (χ2n) is 6.37. The molecule has 1 fully saturated rings. The predicted molar refractivity (Wildman–Crippen MR) is 94.0 cm³/mol. The molecule has 1 heterocycles. The average molecular weight is 401 g/mol. The number of amides is 1. The maximum absolute atomic E-state index is 13.2. The highest BCUT2D eigenvalue weighted by Crippen LogP contribution is 2.35. The van der Waals surface area contributed by atoms with Crippen molar-refractivity contribution in [2.45, 2.75) is 45.3 Å². The van der Waals surface area contributed by atoms with Gasteiger partial charge in [-0.25, -0.2) is 0 Å². The minimum Gasteiger partial charge on any atom is -0.466 e. The van der Waals surface area contributed by atoms with Gasteiger partial charge in [-0.3, -0.25) is 14.4 Å². The topological polar surface area (TPSA) is 72.9 Å². The Balaban J connectivity index is 2.53. The zero-order chi connectivity index (χ0) is 20.9. The summed E-state index contributed by atoms with van der Waals surface area (Å²) < 4.78 is 49.8. The molecule has 0 aromatic heterocycles. The van der Waals surface area contributed by atoms with Crippen molar-refractivity contribution >= 4 is 23.3 Å². The van der Waals surface area contributed by atoms with Crippen LogP contribution in [0.1, 0.15) is 49.0 Å². The number of alkyl halides is 3. The molecule has 0 aliphatic carbocycles. The van der Waals surface area contributed by atoms with Crippen LogP contribution < -0.4 is 4.90 Å². The van der Waals surface area contributed by atoms with Crippen LogP contribution in [0, 0.1) is 0 Å². The number of Topliss-reactive ketones (excluding diaryl/α,β-unsaturated/α-hetero) is 1. The molecule has 0 bridgehead atoms. The fraction of sp³-hybridized carbons (Fsp3) is 0.526. The summed E-state index contributed by atoms with van der Waals surface area (Å²) in [4.78, 5) is 37.8. The van der Waals surface area contributed by atoms with Crippen molar-refractivity contribution < 1.29 is 37.0 Å². The van der Waals surface area contributed by atoms with Gasteiger partial charge in [0.15, 0.2) is 5.78 Å². The highest BCUT2D eigenvalue weighted by Gasteiger charge is 2.35. The van der Waals surface area contributed by atoms with Crippen molar-refractivity contribution in [3.8, 4) is 0 Å². The Morgan fingerprint density at radius 3 is 2.39 bits per heavy atom. The van der Waals surface area contributed by atoms with E-state index in [4.69, 9.17) is 9.47 Å². The highest BCUT2D eigenvalue weighted by atomic mass is 19.4. The minimum absolute atomic E-state index is 0.0169. The largest absolute Gasteiger partial charge is 0.466 e. The molecule has 1 aliphatic rings. The number of carbonyl (C=O) groups is 3. The molecule has 0 radical (unpaired) electrons. The minimum atomic E-state index is -4.64. The van der Waals surface area contributed by atoms with E-state index >= 15 is 0 Å². The molecule has 1 amide bonds. The highest BCUT2D eigenvalue weighted by molar-refractivity contribution is 6.08. The molecule has 0 atom stereocenters. The van der Waals surface area contributed by atoms with E-state index < -0.39 is 41.9 Å². The zero-order valence-corrected chi connectivity index (χ0v) is 15.7. The molecule has 1 aromatic rings. The Morgan fingerprint density at radius 1 is 1.21 bits per heavy atom. The van der Waals surface area contributed by atoms with Crippen LogP contribution in [-0.2, 0) is 25.2 Å². The molecule has 0 saturated carbocycles. The van der Waals surface area contributed by atoms with Crippen molar-refractivity contribution in [1.29, 1.82) is 0 Å². The molecule has 1 saturated heterocycles. The molecule has 154 valence electrons. The standard InChI is InChI=1S/C19H22F3NO5/c1-3-28-18(26)11-17(25)23(14-6-8-27-9-7-14)16-10-13(19(20,21)22)4-5-15(16)12(2)24/h4-5,10,14H,3,6-9,11H2,1-2H3. The van der Waals surface area contributed by atoms with E-state index in [1.165, 1.54) is 6.92 Å². The summed E-state index contributed by atoms with van der Waals surface area (Å²) in [6.07, 6.45) is -4.52. The first kappa shape index (κ1) is 21.9. The first-order valence-corrected chi connectivity index (χ1v) is 8.92. The van der Waals surface area contributed by atoms with Crippen molar-refractivity contribution in [1.82, 2.24) is 0 Å². The van der Waals surface area contributed by atoms with Gasteiger partial charge in [-0.2, -0.15) is 13.2 Å². The molecule has 9 heteroatoms. The smallest absolute Gasteiger partial charge is 0.416 e. The average Bonchev–Trinajstić information content (AvgIpc) is 2.62. The number of hydrogen-bond acceptors (Lipinski definition) is 5. The van der Waals surface area contributed by atoms with E-state index in [1.54, 1.807) is 6.92 Å². The van der Waals surface area contributed by atoms with E-state index in [-0.39, 0.29) is 17.9 Å². The second kappa shape index (κ2) is 9.18. The number of nitrogens with zero attached hydrogens (tertiary/aromatic N) is 1. The normalized spacial score (nSPS) is 15.2. The number of esters is 1. The summed E-state index contributed by atoms with van der Waals surface area (Å²) in [5, 5.41) is 0. The number of rotatable bonds is 6. The van der Waals surface area contributed by atoms with Gasteiger partial charge < -0.3 is 14.4 Å². The van der Waals surface area contributed by atoms with Crippen LogP contribution in [0.15, 0.2) is 18.2 Å². The van der Waals surface area contributed by atoms with Gasteiger partial charge in [0.05, 0.1) is 17.9 Å². The summed E-state index contributed by atoms with van der Waals surface area (Å²) in [5.41, 5.74) is -1.14. The van der Waals surface area contributed by atoms with Crippen LogP contribution in [0.5, 0.6) is 0 Å². The Kier molecular flexibility index (Phi) is 7.17. The number of ketones is 1. The summed E-state index contributed by atoms with van der Waals surface area (Å²) in [7, 11) is 0. The van der Waals surface area contributed by atoms with E-state index in [1.807, 2.05) is 0 Å². The zero-order valence-electron chi connectivity index (χ0n) is 15.7. The van der Waals surface area contributed by atoms with Crippen LogP contribution in [-0.4, -0.2) is 43.5 Å². The number of hydrogen-bond donors (Lipinski definition) is 0. The monoisotopic (exact) mass is 401 g/mol. The van der Waals surface area contributed by atoms with Gasteiger partial charge in [-0.15, -0.1) is 0 Å². The van der Waals surface area contributed by atoms with Gasteiger partial charge in [0.25, 0.3) is 0 Å². The van der Waals surface area contributed by atoms with Crippen LogP contribution in [0.25, 0.3) is 0 Å². The SMILES string of the molecule is CCOC(=O)CC(=O)N(c1cc(C(F)(F)F)ccc1C(C)=O)C1CCOCC1. The first-order chi connectivity index (χ1) is 13.1. The third-order valence-corrected chi connectivity index (χ3v) is 4.39. The fourth-order valence-electron chi connectivity index (χ4n) is 3.10. The number of halogens is 3. The lowest BCUT2D eigenvalue weighted by molar-refractivity contribution is -0.145. The molecular weight excluding hydrogens is 379 g/mol. The van der Waals surface area contributed by atoms with Crippen LogP contribution >= 0.6 is 0 Å². The van der Waals surface area contributed by atoms with Crippen LogP contribution in [0.2, 0.25) is 0 Å². The van der Waals surface area contributed by atoms with Gasteiger partial charge in [-0.1, -0.05) is 0 Å². The van der Waals surface area contributed by atoms with E-state index in [0.29, 0.717) is 26.1 Å². The molecule has 0 N–H and O–H groups in total. The van der Waals surface area contributed by atoms with Crippen molar-refractivity contribution in [3.05, 3.63) is 29.3 Å². The molecule has 0 spiro atoms. The predicted octanol–water partition coefficient (Wildman–Crippen LogP) is 3.37. The maximum Gasteiger partial charge on any atom is 0.416 e. The number of benzene rings is 1. The maximum atomic E-state index is 13.2. The molecule has 2 rings (SSSR count). The Labute approximate surface area is 160 Å². The Bertz CT molecular complexity index is 742. The van der Waals surface area contributed by atoms with Gasteiger partial charge in [0.1, 0.15) is 6.42 Å². The number of carbonyl (C=O) groups excluding carboxylic acids is 3. The Hall–Kier alpha value is -2.42. The van der Waals surface area contributed by atoms with E-state index in [0.717, 1.165) is 23.1 Å². The molecule has 0 unspecified atom stereocenters. The molecule has 1 aromatic carbocycles.